The predicted octanol–water partition coefficient (Wildman–Crippen LogP) is 2.43. The van der Waals surface area contributed by atoms with Gasteiger partial charge in [0.05, 0.1) is 17.3 Å². The van der Waals surface area contributed by atoms with E-state index in [1.807, 2.05) is 0 Å². The summed E-state index contributed by atoms with van der Waals surface area (Å²) in [5, 5.41) is 13.0. The van der Waals surface area contributed by atoms with Crippen molar-refractivity contribution in [2.45, 2.75) is 0 Å². The maximum atomic E-state index is 13.1. The molecule has 0 saturated heterocycles. The van der Waals surface area contributed by atoms with E-state index in [2.05, 4.69) is 15.3 Å². The Bertz CT molecular complexity index is 695. The first kappa shape index (κ1) is 13.8. The Labute approximate surface area is 116 Å². The third-order valence-corrected chi connectivity index (χ3v) is 2.42. The van der Waals surface area contributed by atoms with Crippen molar-refractivity contribution in [3.8, 4) is 0 Å². The van der Waals surface area contributed by atoms with E-state index in [1.54, 1.807) is 0 Å². The number of nitrogens with zero attached hydrogens (tertiary/aromatic N) is 3. The van der Waals surface area contributed by atoms with Gasteiger partial charge in [-0.1, -0.05) is 11.6 Å². The summed E-state index contributed by atoms with van der Waals surface area (Å²) in [6.45, 7) is 0. The fourth-order valence-corrected chi connectivity index (χ4v) is 1.52. The van der Waals surface area contributed by atoms with Gasteiger partial charge >= 0.3 is 5.69 Å². The Morgan fingerprint density at radius 3 is 2.80 bits per heavy atom. The van der Waals surface area contributed by atoms with Crippen LogP contribution in [-0.2, 0) is 0 Å². The zero-order valence-electron chi connectivity index (χ0n) is 9.71. The van der Waals surface area contributed by atoms with Crippen LogP contribution in [0.4, 0.5) is 15.8 Å². The van der Waals surface area contributed by atoms with Gasteiger partial charge in [-0.15, -0.1) is 0 Å². The molecule has 0 radical (unpaired) electrons. The van der Waals surface area contributed by atoms with Crippen molar-refractivity contribution in [3.05, 3.63) is 57.4 Å². The number of nitro groups is 1. The number of rotatable bonds is 3. The lowest BCUT2D eigenvalue weighted by Gasteiger charge is -2.04. The third-order valence-electron chi connectivity index (χ3n) is 2.24. The van der Waals surface area contributed by atoms with E-state index >= 15 is 0 Å². The predicted molar refractivity (Wildman–Crippen MR) is 68.0 cm³/mol. The van der Waals surface area contributed by atoms with Crippen molar-refractivity contribution in [2.75, 3.05) is 5.32 Å². The Morgan fingerprint density at radius 1 is 1.40 bits per heavy atom. The maximum Gasteiger partial charge on any atom is 0.306 e. The molecule has 1 amide bonds. The molecule has 0 bridgehead atoms. The summed E-state index contributed by atoms with van der Waals surface area (Å²) in [6.07, 6.45) is 2.43. The largest absolute Gasteiger partial charge is 0.320 e. The number of benzene rings is 1. The van der Waals surface area contributed by atoms with E-state index in [-0.39, 0.29) is 16.5 Å². The second kappa shape index (κ2) is 5.57. The van der Waals surface area contributed by atoms with Crippen molar-refractivity contribution in [1.29, 1.82) is 0 Å². The van der Waals surface area contributed by atoms with Crippen LogP contribution in [0.25, 0.3) is 0 Å². The van der Waals surface area contributed by atoms with Crippen LogP contribution >= 0.6 is 11.6 Å². The van der Waals surface area contributed by atoms with Gasteiger partial charge in [-0.2, -0.15) is 4.39 Å². The van der Waals surface area contributed by atoms with Gasteiger partial charge in [-0.05, 0) is 12.1 Å². The number of anilines is 1. The van der Waals surface area contributed by atoms with E-state index in [4.69, 9.17) is 11.6 Å². The molecule has 7 nitrogen and oxygen atoms in total. The van der Waals surface area contributed by atoms with Crippen LogP contribution in [-0.4, -0.2) is 20.8 Å². The standard InChI is InChI=1S/C11H6ClFN4O3/c12-10-5-14-4-8(16-10)11(18)15-6-1-2-7(13)9(3-6)17(19)20/h1-5H,(H,15,18). The quantitative estimate of drug-likeness (QED) is 0.693. The van der Waals surface area contributed by atoms with Crippen LogP contribution in [0.15, 0.2) is 30.6 Å². The Morgan fingerprint density at radius 2 is 2.15 bits per heavy atom. The second-order valence-corrected chi connectivity index (χ2v) is 3.99. The molecular formula is C11H6ClFN4O3. The first-order valence-electron chi connectivity index (χ1n) is 5.20. The Kier molecular flexibility index (Phi) is 3.85. The summed E-state index contributed by atoms with van der Waals surface area (Å²) in [5.74, 6) is -1.66. The van der Waals surface area contributed by atoms with Crippen LogP contribution < -0.4 is 5.32 Å². The normalized spacial score (nSPS) is 10.1. The van der Waals surface area contributed by atoms with Crippen LogP contribution in [0.3, 0.4) is 0 Å². The number of nitrogens with one attached hydrogen (secondary N) is 1. The molecule has 1 heterocycles. The first-order chi connectivity index (χ1) is 9.47. The highest BCUT2D eigenvalue weighted by molar-refractivity contribution is 6.29. The fourth-order valence-electron chi connectivity index (χ4n) is 1.38. The van der Waals surface area contributed by atoms with Crippen molar-refractivity contribution in [2.24, 2.45) is 0 Å². The summed E-state index contributed by atoms with van der Waals surface area (Å²) in [4.78, 5) is 28.9. The first-order valence-corrected chi connectivity index (χ1v) is 5.58. The molecule has 0 fully saturated rings. The summed E-state index contributed by atoms with van der Waals surface area (Å²) >= 11 is 5.59. The number of hydrogen-bond donors (Lipinski definition) is 1. The maximum absolute atomic E-state index is 13.1. The average Bonchev–Trinajstić information content (AvgIpc) is 2.40. The average molecular weight is 297 g/mol. The minimum atomic E-state index is -0.990. The molecule has 1 aromatic carbocycles. The second-order valence-electron chi connectivity index (χ2n) is 3.60. The molecule has 2 rings (SSSR count). The van der Waals surface area contributed by atoms with Crippen LogP contribution in [0, 0.1) is 15.9 Å². The molecule has 0 aliphatic heterocycles. The molecule has 20 heavy (non-hydrogen) atoms. The molecule has 0 aliphatic carbocycles. The monoisotopic (exact) mass is 296 g/mol. The van der Waals surface area contributed by atoms with Crippen LogP contribution in [0.1, 0.15) is 10.5 Å². The van der Waals surface area contributed by atoms with Crippen molar-refractivity contribution < 1.29 is 14.1 Å². The summed E-state index contributed by atoms with van der Waals surface area (Å²) in [5.41, 5.74) is -0.741. The smallest absolute Gasteiger partial charge is 0.306 e. The van der Waals surface area contributed by atoms with Crippen molar-refractivity contribution in [3.63, 3.8) is 0 Å². The number of nitro benzene ring substituents is 1. The topological polar surface area (TPSA) is 98.0 Å². The number of aromatic nitrogens is 2. The summed E-state index contributed by atoms with van der Waals surface area (Å²) < 4.78 is 13.1. The molecule has 0 saturated carbocycles. The fraction of sp³-hybridized carbons (Fsp3) is 0. The van der Waals surface area contributed by atoms with Crippen LogP contribution in [0.5, 0.6) is 0 Å². The van der Waals surface area contributed by atoms with E-state index in [9.17, 15) is 19.3 Å². The number of carbonyl (C=O) groups excluding carboxylic acids is 1. The van der Waals surface area contributed by atoms with Crippen LogP contribution in [0.2, 0.25) is 5.15 Å². The highest BCUT2D eigenvalue weighted by Crippen LogP contribution is 2.21. The van der Waals surface area contributed by atoms with E-state index < -0.39 is 22.3 Å². The summed E-state index contributed by atoms with van der Waals surface area (Å²) in [6, 6.07) is 2.99. The van der Waals surface area contributed by atoms with Gasteiger partial charge in [0.1, 0.15) is 10.8 Å². The van der Waals surface area contributed by atoms with Crippen molar-refractivity contribution in [1.82, 2.24) is 9.97 Å². The molecule has 1 aromatic heterocycles. The molecule has 0 aliphatic rings. The lowest BCUT2D eigenvalue weighted by atomic mass is 10.2. The Hall–Kier alpha value is -2.61. The Balaban J connectivity index is 2.24. The zero-order valence-corrected chi connectivity index (χ0v) is 10.5. The number of hydrogen-bond acceptors (Lipinski definition) is 5. The highest BCUT2D eigenvalue weighted by atomic mass is 35.5. The SMILES string of the molecule is O=C(Nc1ccc(F)c([N+](=O)[O-])c1)c1cncc(Cl)n1. The van der Waals surface area contributed by atoms with E-state index in [1.165, 1.54) is 18.5 Å². The third kappa shape index (κ3) is 3.04. The molecule has 102 valence electrons. The van der Waals surface area contributed by atoms with Crippen molar-refractivity contribution >= 4 is 28.9 Å². The molecular weight excluding hydrogens is 291 g/mol. The highest BCUT2D eigenvalue weighted by Gasteiger charge is 2.16. The van der Waals surface area contributed by atoms with Gasteiger partial charge in [0.2, 0.25) is 5.82 Å². The molecule has 0 unspecified atom stereocenters. The number of carbonyl (C=O) groups is 1. The van der Waals surface area contributed by atoms with Gasteiger partial charge in [0.25, 0.3) is 5.91 Å². The number of halogens is 2. The molecule has 9 heteroatoms. The van der Waals surface area contributed by atoms with Gasteiger partial charge in [0.15, 0.2) is 0 Å². The van der Waals surface area contributed by atoms with Gasteiger partial charge < -0.3 is 5.32 Å². The van der Waals surface area contributed by atoms with E-state index in [0.29, 0.717) is 0 Å². The zero-order chi connectivity index (χ0) is 14.7. The minimum absolute atomic E-state index is 0.0303. The van der Waals surface area contributed by atoms with Gasteiger partial charge in [0, 0.05) is 11.8 Å². The summed E-state index contributed by atoms with van der Waals surface area (Å²) in [7, 11) is 0. The lowest BCUT2D eigenvalue weighted by Crippen LogP contribution is -2.14. The van der Waals surface area contributed by atoms with E-state index in [0.717, 1.165) is 12.1 Å². The number of amides is 1. The molecule has 0 atom stereocenters. The molecule has 1 N–H and O–H groups in total. The molecule has 0 spiro atoms. The lowest BCUT2D eigenvalue weighted by molar-refractivity contribution is -0.387. The minimum Gasteiger partial charge on any atom is -0.320 e. The molecule has 2 aromatic rings. The van der Waals surface area contributed by atoms with Gasteiger partial charge in [-0.3, -0.25) is 19.9 Å². The van der Waals surface area contributed by atoms with Gasteiger partial charge in [-0.25, -0.2) is 4.98 Å².